The largest absolute Gasteiger partial charge is 0.356 e. The van der Waals surface area contributed by atoms with Crippen LogP contribution in [0, 0.1) is 0 Å². The van der Waals surface area contributed by atoms with E-state index in [4.69, 9.17) is 17.3 Å². The average Bonchev–Trinajstić information content (AvgIpc) is 2.54. The first-order chi connectivity index (χ1) is 10.6. The molecule has 3 nitrogen and oxygen atoms in total. The fourth-order valence-corrected chi connectivity index (χ4v) is 2.39. The van der Waals surface area contributed by atoms with Gasteiger partial charge in [0.15, 0.2) is 0 Å². The zero-order chi connectivity index (χ0) is 15.8. The highest BCUT2D eigenvalue weighted by Gasteiger charge is 2.10. The van der Waals surface area contributed by atoms with Crippen LogP contribution in [-0.2, 0) is 11.2 Å². The van der Waals surface area contributed by atoms with Crippen LogP contribution in [-0.4, -0.2) is 12.5 Å². The van der Waals surface area contributed by atoms with E-state index in [1.807, 2.05) is 54.6 Å². The zero-order valence-electron chi connectivity index (χ0n) is 12.5. The standard InChI is InChI=1S/C18H21ClN2O/c19-16-10-8-14(9-11-16)5-4-12-21-18(22)13-17(20)15-6-2-1-3-7-15/h1-3,6-11,17H,4-5,12-13,20H2,(H,21,22). The molecule has 0 aliphatic heterocycles. The summed E-state index contributed by atoms with van der Waals surface area (Å²) in [7, 11) is 0. The van der Waals surface area contributed by atoms with Gasteiger partial charge in [0.2, 0.25) is 5.91 Å². The maximum Gasteiger partial charge on any atom is 0.221 e. The highest BCUT2D eigenvalue weighted by molar-refractivity contribution is 6.30. The van der Waals surface area contributed by atoms with Crippen molar-refractivity contribution in [2.75, 3.05) is 6.54 Å². The molecule has 22 heavy (non-hydrogen) atoms. The molecule has 0 saturated carbocycles. The second-order valence-corrected chi connectivity index (χ2v) is 5.74. The number of hydrogen-bond acceptors (Lipinski definition) is 2. The molecular formula is C18H21ClN2O. The quantitative estimate of drug-likeness (QED) is 0.768. The van der Waals surface area contributed by atoms with Crippen molar-refractivity contribution in [2.24, 2.45) is 5.73 Å². The Morgan fingerprint density at radius 2 is 1.77 bits per heavy atom. The molecule has 0 saturated heterocycles. The molecule has 2 aromatic carbocycles. The van der Waals surface area contributed by atoms with Gasteiger partial charge in [-0.1, -0.05) is 54.1 Å². The monoisotopic (exact) mass is 316 g/mol. The summed E-state index contributed by atoms with van der Waals surface area (Å²) in [4.78, 5) is 11.9. The summed E-state index contributed by atoms with van der Waals surface area (Å²) in [6, 6.07) is 17.2. The van der Waals surface area contributed by atoms with Crippen LogP contribution in [0.4, 0.5) is 0 Å². The molecule has 0 aromatic heterocycles. The van der Waals surface area contributed by atoms with Gasteiger partial charge in [0.25, 0.3) is 0 Å². The van der Waals surface area contributed by atoms with Gasteiger partial charge >= 0.3 is 0 Å². The van der Waals surface area contributed by atoms with Gasteiger partial charge in [-0.05, 0) is 36.1 Å². The third-order valence-corrected chi connectivity index (χ3v) is 3.76. The maximum absolute atomic E-state index is 11.9. The van der Waals surface area contributed by atoms with Gasteiger partial charge in [0.1, 0.15) is 0 Å². The summed E-state index contributed by atoms with van der Waals surface area (Å²) in [5.74, 6) is -0.00698. The molecule has 2 aromatic rings. The van der Waals surface area contributed by atoms with E-state index >= 15 is 0 Å². The van der Waals surface area contributed by atoms with E-state index in [0.717, 1.165) is 23.4 Å². The molecule has 3 N–H and O–H groups in total. The maximum atomic E-state index is 11.9. The molecule has 2 rings (SSSR count). The molecule has 0 aliphatic rings. The van der Waals surface area contributed by atoms with Crippen LogP contribution >= 0.6 is 11.6 Å². The van der Waals surface area contributed by atoms with Gasteiger partial charge in [-0.3, -0.25) is 4.79 Å². The molecule has 0 fully saturated rings. The first-order valence-electron chi connectivity index (χ1n) is 7.47. The Labute approximate surface area is 136 Å². The predicted molar refractivity (Wildman–Crippen MR) is 90.8 cm³/mol. The summed E-state index contributed by atoms with van der Waals surface area (Å²) >= 11 is 5.84. The third-order valence-electron chi connectivity index (χ3n) is 3.51. The first kappa shape index (κ1) is 16.5. The molecule has 0 radical (unpaired) electrons. The SMILES string of the molecule is NC(CC(=O)NCCCc1ccc(Cl)cc1)c1ccccc1. The van der Waals surface area contributed by atoms with Crippen molar-refractivity contribution >= 4 is 17.5 Å². The van der Waals surface area contributed by atoms with E-state index in [1.165, 1.54) is 5.56 Å². The van der Waals surface area contributed by atoms with E-state index in [1.54, 1.807) is 0 Å². The number of benzene rings is 2. The van der Waals surface area contributed by atoms with Crippen LogP contribution in [0.15, 0.2) is 54.6 Å². The molecule has 0 bridgehead atoms. The number of rotatable bonds is 7. The molecule has 116 valence electrons. The van der Waals surface area contributed by atoms with E-state index in [-0.39, 0.29) is 11.9 Å². The van der Waals surface area contributed by atoms with Gasteiger partial charge in [0, 0.05) is 24.0 Å². The van der Waals surface area contributed by atoms with E-state index in [9.17, 15) is 4.79 Å². The number of carbonyl (C=O) groups is 1. The molecular weight excluding hydrogens is 296 g/mol. The minimum absolute atomic E-state index is 0.00698. The Hall–Kier alpha value is -1.84. The van der Waals surface area contributed by atoms with Gasteiger partial charge in [-0.15, -0.1) is 0 Å². The van der Waals surface area contributed by atoms with Crippen molar-refractivity contribution < 1.29 is 4.79 Å². The molecule has 0 heterocycles. The van der Waals surface area contributed by atoms with Crippen molar-refractivity contribution in [2.45, 2.75) is 25.3 Å². The molecule has 0 aliphatic carbocycles. The van der Waals surface area contributed by atoms with Crippen LogP contribution in [0.1, 0.15) is 30.0 Å². The van der Waals surface area contributed by atoms with Crippen LogP contribution in [0.25, 0.3) is 0 Å². The Morgan fingerprint density at radius 1 is 1.09 bits per heavy atom. The Kier molecular flexibility index (Phi) is 6.44. The van der Waals surface area contributed by atoms with E-state index in [0.29, 0.717) is 13.0 Å². The number of aryl methyl sites for hydroxylation is 1. The number of nitrogens with one attached hydrogen (secondary N) is 1. The van der Waals surface area contributed by atoms with E-state index < -0.39 is 0 Å². The van der Waals surface area contributed by atoms with Gasteiger partial charge in [-0.25, -0.2) is 0 Å². The van der Waals surface area contributed by atoms with Crippen LogP contribution in [0.3, 0.4) is 0 Å². The third kappa shape index (κ3) is 5.51. The highest BCUT2D eigenvalue weighted by atomic mass is 35.5. The molecule has 4 heteroatoms. The zero-order valence-corrected chi connectivity index (χ0v) is 13.2. The number of halogens is 1. The van der Waals surface area contributed by atoms with Crippen molar-refractivity contribution in [3.05, 3.63) is 70.7 Å². The summed E-state index contributed by atoms with van der Waals surface area (Å²) in [6.07, 6.45) is 2.13. The minimum Gasteiger partial charge on any atom is -0.356 e. The summed E-state index contributed by atoms with van der Waals surface area (Å²) < 4.78 is 0. The second kappa shape index (κ2) is 8.57. The first-order valence-corrected chi connectivity index (χ1v) is 7.84. The Balaban J connectivity index is 1.66. The number of amides is 1. The average molecular weight is 317 g/mol. The minimum atomic E-state index is -0.252. The van der Waals surface area contributed by atoms with Crippen molar-refractivity contribution in [3.8, 4) is 0 Å². The number of nitrogens with two attached hydrogens (primary N) is 1. The van der Waals surface area contributed by atoms with Crippen LogP contribution < -0.4 is 11.1 Å². The predicted octanol–water partition coefficient (Wildman–Crippen LogP) is 3.48. The van der Waals surface area contributed by atoms with Crippen molar-refractivity contribution in [1.82, 2.24) is 5.32 Å². The summed E-state index contributed by atoms with van der Waals surface area (Å²) in [5, 5.41) is 3.66. The van der Waals surface area contributed by atoms with Crippen LogP contribution in [0.5, 0.6) is 0 Å². The van der Waals surface area contributed by atoms with Crippen molar-refractivity contribution in [3.63, 3.8) is 0 Å². The Bertz CT molecular complexity index is 584. The van der Waals surface area contributed by atoms with Gasteiger partial charge in [-0.2, -0.15) is 0 Å². The molecule has 1 unspecified atom stereocenters. The number of hydrogen-bond donors (Lipinski definition) is 2. The topological polar surface area (TPSA) is 55.1 Å². The van der Waals surface area contributed by atoms with Crippen molar-refractivity contribution in [1.29, 1.82) is 0 Å². The van der Waals surface area contributed by atoms with Gasteiger partial charge < -0.3 is 11.1 Å². The normalized spacial score (nSPS) is 11.9. The lowest BCUT2D eigenvalue weighted by atomic mass is 10.0. The fourth-order valence-electron chi connectivity index (χ4n) is 2.26. The molecule has 0 spiro atoms. The van der Waals surface area contributed by atoms with E-state index in [2.05, 4.69) is 5.32 Å². The lowest BCUT2D eigenvalue weighted by Crippen LogP contribution is -2.28. The fraction of sp³-hybridized carbons (Fsp3) is 0.278. The number of carbonyl (C=O) groups excluding carboxylic acids is 1. The molecule has 1 amide bonds. The summed E-state index contributed by atoms with van der Waals surface area (Å²) in [6.45, 7) is 0.656. The second-order valence-electron chi connectivity index (χ2n) is 5.30. The van der Waals surface area contributed by atoms with Gasteiger partial charge in [0.05, 0.1) is 0 Å². The highest BCUT2D eigenvalue weighted by Crippen LogP contribution is 2.13. The lowest BCUT2D eigenvalue weighted by Gasteiger charge is -2.12. The summed E-state index contributed by atoms with van der Waals surface area (Å²) in [5.41, 5.74) is 8.24. The van der Waals surface area contributed by atoms with Crippen LogP contribution in [0.2, 0.25) is 5.02 Å². The smallest absolute Gasteiger partial charge is 0.221 e. The Morgan fingerprint density at radius 3 is 2.45 bits per heavy atom. The molecule has 1 atom stereocenters. The lowest BCUT2D eigenvalue weighted by molar-refractivity contribution is -0.121.